The topological polar surface area (TPSA) is 92.8 Å². The number of ether oxygens (including phenoxy) is 1. The van der Waals surface area contributed by atoms with Gasteiger partial charge < -0.3 is 15.0 Å². The second-order valence-electron chi connectivity index (χ2n) is 10.0. The third kappa shape index (κ3) is 5.37. The van der Waals surface area contributed by atoms with Gasteiger partial charge in [0.25, 0.3) is 5.91 Å². The van der Waals surface area contributed by atoms with E-state index in [1.54, 1.807) is 13.0 Å². The Kier molecular flexibility index (Phi) is 7.65. The molecule has 2 aromatic carbocycles. The van der Waals surface area contributed by atoms with Gasteiger partial charge in [-0.3, -0.25) is 9.59 Å². The summed E-state index contributed by atoms with van der Waals surface area (Å²) >= 11 is 5.71. The molecule has 7 nitrogen and oxygen atoms in total. The van der Waals surface area contributed by atoms with Gasteiger partial charge in [0.2, 0.25) is 5.91 Å². The number of likely N-dealkylation sites (tertiary alicyclic amines) is 1. The Hall–Kier alpha value is -2.56. The highest BCUT2D eigenvalue weighted by atomic mass is 35.5. The van der Waals surface area contributed by atoms with E-state index in [-0.39, 0.29) is 52.1 Å². The molecule has 2 heterocycles. The van der Waals surface area contributed by atoms with Gasteiger partial charge in [-0.15, -0.1) is 0 Å². The monoisotopic (exact) mass is 554 g/mol. The molecular weight excluding hydrogens is 526 g/mol. The molecule has 2 amide bonds. The van der Waals surface area contributed by atoms with Crippen LogP contribution in [0.15, 0.2) is 35.2 Å². The molecule has 4 atom stereocenters. The molecule has 2 aliphatic rings. The average Bonchev–Trinajstić information content (AvgIpc) is 3.08. The van der Waals surface area contributed by atoms with E-state index < -0.39 is 45.4 Å². The van der Waals surface area contributed by atoms with Crippen LogP contribution in [-0.2, 0) is 19.4 Å². The van der Waals surface area contributed by atoms with Crippen LogP contribution in [-0.4, -0.2) is 56.7 Å². The molecule has 0 radical (unpaired) electrons. The van der Waals surface area contributed by atoms with E-state index in [0.717, 1.165) is 18.4 Å². The molecule has 2 aliphatic heterocycles. The number of carbonyl (C=O) groups is 2. The third-order valence-electron chi connectivity index (χ3n) is 7.37. The number of rotatable bonds is 6. The number of carbonyl (C=O) groups excluding carboxylic acids is 2. The number of sulfone groups is 1. The highest BCUT2D eigenvalue weighted by molar-refractivity contribution is 7.90. The zero-order valence-electron chi connectivity index (χ0n) is 20.9. The summed E-state index contributed by atoms with van der Waals surface area (Å²) in [6, 6.07) is 4.20. The zero-order valence-corrected chi connectivity index (χ0v) is 22.5. The van der Waals surface area contributed by atoms with Gasteiger partial charge in [-0.05, 0) is 56.0 Å². The smallest absolute Gasteiger partial charge is 0.254 e. The largest absolute Gasteiger partial charge is 0.381 e. The van der Waals surface area contributed by atoms with Crippen molar-refractivity contribution in [1.82, 2.24) is 10.2 Å². The Bertz CT molecular complexity index is 1350. The van der Waals surface area contributed by atoms with Crippen LogP contribution in [0, 0.1) is 30.4 Å². The highest BCUT2D eigenvalue weighted by Crippen LogP contribution is 2.35. The molecule has 2 saturated heterocycles. The molecule has 200 valence electrons. The van der Waals surface area contributed by atoms with Gasteiger partial charge in [-0.25, -0.2) is 17.2 Å². The van der Waals surface area contributed by atoms with Gasteiger partial charge in [0.1, 0.15) is 17.7 Å². The van der Waals surface area contributed by atoms with Crippen LogP contribution in [0.2, 0.25) is 5.02 Å². The lowest BCUT2D eigenvalue weighted by molar-refractivity contribution is -0.128. The van der Waals surface area contributed by atoms with E-state index in [2.05, 4.69) is 5.32 Å². The standard InChI is InChI=1S/C26H29ClF2N2O5S/c1-13-5-6-16(8-23(13)37(4,34)35)26(33)31-15(3)14(2)7-22(31)25(32)30-24(17-11-36-12-17)18-9-21(29)19(27)10-20(18)28/h5-6,8-10,14-15,17,22,24H,7,11-12H2,1-4H3,(H,30,32)/t14-,15-,22-,24?/m1/s1. The predicted molar refractivity (Wildman–Crippen MR) is 134 cm³/mol. The number of amides is 2. The van der Waals surface area contributed by atoms with Crippen LogP contribution in [0.3, 0.4) is 0 Å². The van der Waals surface area contributed by atoms with Crippen molar-refractivity contribution < 1.29 is 31.5 Å². The quantitative estimate of drug-likeness (QED) is 0.543. The van der Waals surface area contributed by atoms with Crippen LogP contribution < -0.4 is 5.32 Å². The minimum absolute atomic E-state index is 0.0327. The fourth-order valence-corrected chi connectivity index (χ4v) is 6.13. The lowest BCUT2D eigenvalue weighted by atomic mass is 9.90. The zero-order chi connectivity index (χ0) is 27.2. The van der Waals surface area contributed by atoms with Crippen LogP contribution in [0.5, 0.6) is 0 Å². The Morgan fingerprint density at radius 1 is 1.14 bits per heavy atom. The van der Waals surface area contributed by atoms with Crippen molar-refractivity contribution >= 4 is 33.3 Å². The van der Waals surface area contributed by atoms with Gasteiger partial charge in [0.15, 0.2) is 9.84 Å². The molecule has 11 heteroatoms. The normalized spacial score (nSPS) is 23.0. The molecule has 0 aromatic heterocycles. The molecule has 4 rings (SSSR count). The first-order valence-electron chi connectivity index (χ1n) is 12.0. The first kappa shape index (κ1) is 27.5. The summed E-state index contributed by atoms with van der Waals surface area (Å²) in [6.45, 7) is 5.90. The van der Waals surface area contributed by atoms with Crippen LogP contribution >= 0.6 is 11.6 Å². The first-order valence-corrected chi connectivity index (χ1v) is 14.2. The molecule has 2 fully saturated rings. The fraction of sp³-hybridized carbons (Fsp3) is 0.462. The SMILES string of the molecule is Cc1ccc(C(=O)N2[C@@H](C(=O)NC(c3cc(F)c(Cl)cc3F)C3COC3)C[C@@H](C)[C@H]2C)cc1S(C)(=O)=O. The van der Waals surface area contributed by atoms with Crippen molar-refractivity contribution in [3.8, 4) is 0 Å². The summed E-state index contributed by atoms with van der Waals surface area (Å²) in [5, 5.41) is 2.47. The van der Waals surface area contributed by atoms with E-state index in [0.29, 0.717) is 12.0 Å². The van der Waals surface area contributed by atoms with E-state index in [1.165, 1.54) is 17.0 Å². The second kappa shape index (κ2) is 10.3. The number of benzene rings is 2. The number of nitrogens with zero attached hydrogens (tertiary/aromatic N) is 1. The van der Waals surface area contributed by atoms with Crippen LogP contribution in [0.4, 0.5) is 8.78 Å². The molecule has 0 spiro atoms. The van der Waals surface area contributed by atoms with Crippen LogP contribution in [0.25, 0.3) is 0 Å². The lowest BCUT2D eigenvalue weighted by Gasteiger charge is -2.36. The second-order valence-corrected chi connectivity index (χ2v) is 12.4. The molecule has 0 aliphatic carbocycles. The van der Waals surface area contributed by atoms with E-state index in [4.69, 9.17) is 16.3 Å². The lowest BCUT2D eigenvalue weighted by Crippen LogP contribution is -2.51. The number of halogens is 3. The highest BCUT2D eigenvalue weighted by Gasteiger charge is 2.45. The molecule has 1 unspecified atom stereocenters. The van der Waals surface area contributed by atoms with Crippen molar-refractivity contribution in [2.75, 3.05) is 19.5 Å². The Labute approximate surface area is 220 Å². The minimum Gasteiger partial charge on any atom is -0.381 e. The van der Waals surface area contributed by atoms with E-state index >= 15 is 0 Å². The summed E-state index contributed by atoms with van der Waals surface area (Å²) in [6.07, 6.45) is 1.43. The Morgan fingerprint density at radius 2 is 1.81 bits per heavy atom. The number of aryl methyl sites for hydroxylation is 1. The maximum atomic E-state index is 14.8. The van der Waals surface area contributed by atoms with Crippen molar-refractivity contribution in [1.29, 1.82) is 0 Å². The fourth-order valence-electron chi connectivity index (χ4n) is 4.98. The van der Waals surface area contributed by atoms with E-state index in [9.17, 15) is 26.8 Å². The number of nitrogens with one attached hydrogen (secondary N) is 1. The van der Waals surface area contributed by atoms with Gasteiger partial charge in [-0.1, -0.05) is 24.6 Å². The predicted octanol–water partition coefficient (Wildman–Crippen LogP) is 4.07. The number of hydrogen-bond donors (Lipinski definition) is 1. The first-order chi connectivity index (χ1) is 17.3. The maximum absolute atomic E-state index is 14.8. The summed E-state index contributed by atoms with van der Waals surface area (Å²) in [4.78, 5) is 28.7. The van der Waals surface area contributed by atoms with Crippen molar-refractivity contribution in [3.63, 3.8) is 0 Å². The Balaban J connectivity index is 1.65. The van der Waals surface area contributed by atoms with Crippen molar-refractivity contribution in [2.24, 2.45) is 11.8 Å². The molecule has 1 N–H and O–H groups in total. The summed E-state index contributed by atoms with van der Waals surface area (Å²) in [5.74, 6) is -2.86. The van der Waals surface area contributed by atoms with E-state index in [1.807, 2.05) is 13.8 Å². The van der Waals surface area contributed by atoms with Crippen LogP contribution in [0.1, 0.15) is 47.8 Å². The molecule has 0 bridgehead atoms. The molecule has 0 saturated carbocycles. The van der Waals surface area contributed by atoms with Crippen molar-refractivity contribution in [3.05, 3.63) is 63.7 Å². The van der Waals surface area contributed by atoms with Crippen molar-refractivity contribution in [2.45, 2.75) is 50.2 Å². The summed E-state index contributed by atoms with van der Waals surface area (Å²) < 4.78 is 58.6. The minimum atomic E-state index is -3.57. The molecular formula is C26H29ClF2N2O5S. The van der Waals surface area contributed by atoms with Gasteiger partial charge >= 0.3 is 0 Å². The molecule has 37 heavy (non-hydrogen) atoms. The molecule has 2 aromatic rings. The summed E-state index contributed by atoms with van der Waals surface area (Å²) in [5.41, 5.74) is 0.621. The Morgan fingerprint density at radius 3 is 2.41 bits per heavy atom. The maximum Gasteiger partial charge on any atom is 0.254 e. The van der Waals surface area contributed by atoms with Gasteiger partial charge in [-0.2, -0.15) is 0 Å². The van der Waals surface area contributed by atoms with Gasteiger partial charge in [0.05, 0.1) is 29.2 Å². The van der Waals surface area contributed by atoms with Gasteiger partial charge in [0, 0.05) is 29.3 Å². The number of hydrogen-bond acceptors (Lipinski definition) is 5. The average molecular weight is 555 g/mol. The summed E-state index contributed by atoms with van der Waals surface area (Å²) in [7, 11) is -3.57. The third-order valence-corrected chi connectivity index (χ3v) is 8.90.